The maximum Gasteiger partial charge on any atom is 0.326 e. The van der Waals surface area contributed by atoms with Gasteiger partial charge in [-0.1, -0.05) is 20.8 Å². The number of nitrogens with one attached hydrogen (secondary N) is 1. The van der Waals surface area contributed by atoms with Crippen LogP contribution in [0.4, 0.5) is 4.79 Å². The van der Waals surface area contributed by atoms with E-state index in [1.165, 1.54) is 22.6 Å². The molecule has 3 aliphatic rings. The van der Waals surface area contributed by atoms with Crippen molar-refractivity contribution in [2.24, 2.45) is 16.7 Å². The highest BCUT2D eigenvalue weighted by atomic mass is 16.2. The highest BCUT2D eigenvalue weighted by molar-refractivity contribution is 6.01. The lowest BCUT2D eigenvalue weighted by atomic mass is 9.69. The molecular formula is C18H29N3O3. The fraction of sp³-hybridized carbons (Fsp3) is 0.833. The van der Waals surface area contributed by atoms with Crippen LogP contribution in [0, 0.1) is 16.7 Å². The second-order valence-electron chi connectivity index (χ2n) is 8.52. The Morgan fingerprint density at radius 1 is 1.29 bits per heavy atom. The summed E-state index contributed by atoms with van der Waals surface area (Å²) in [5.41, 5.74) is 0.459. The average Bonchev–Trinajstić information content (AvgIpc) is 2.95. The van der Waals surface area contributed by atoms with E-state index in [9.17, 15) is 14.4 Å². The van der Waals surface area contributed by atoms with Gasteiger partial charge in [0.25, 0.3) is 0 Å². The third-order valence-corrected chi connectivity index (χ3v) is 7.15. The topological polar surface area (TPSA) is 69.7 Å². The zero-order valence-corrected chi connectivity index (χ0v) is 15.2. The van der Waals surface area contributed by atoms with Crippen molar-refractivity contribution >= 4 is 17.8 Å². The van der Waals surface area contributed by atoms with Gasteiger partial charge in [0.15, 0.2) is 0 Å². The average molecular weight is 335 g/mol. The molecule has 134 valence electrons. The predicted octanol–water partition coefficient (Wildman–Crippen LogP) is 1.99. The van der Waals surface area contributed by atoms with Crippen LogP contribution in [0.1, 0.15) is 52.9 Å². The minimum atomic E-state index is -0.261. The number of hydrogen-bond acceptors (Lipinski definition) is 3. The lowest BCUT2D eigenvalue weighted by molar-refractivity contribution is -0.126. The quantitative estimate of drug-likeness (QED) is 0.781. The van der Waals surface area contributed by atoms with Crippen molar-refractivity contribution in [3.05, 3.63) is 0 Å². The minimum absolute atomic E-state index is 0.0389. The van der Waals surface area contributed by atoms with Gasteiger partial charge >= 0.3 is 6.03 Å². The highest BCUT2D eigenvalue weighted by Crippen LogP contribution is 2.65. The Kier molecular flexibility index (Phi) is 4.12. The van der Waals surface area contributed by atoms with E-state index in [2.05, 4.69) is 26.1 Å². The molecule has 2 aliphatic carbocycles. The molecule has 24 heavy (non-hydrogen) atoms. The summed E-state index contributed by atoms with van der Waals surface area (Å²) in [5.74, 6) is 0.561. The summed E-state index contributed by atoms with van der Waals surface area (Å²) in [6.45, 7) is 7.44. The second kappa shape index (κ2) is 5.74. The van der Waals surface area contributed by atoms with Gasteiger partial charge in [-0.15, -0.1) is 0 Å². The number of hydrogen-bond donors (Lipinski definition) is 1. The molecule has 0 aromatic heterocycles. The lowest BCUT2D eigenvalue weighted by Gasteiger charge is -2.39. The van der Waals surface area contributed by atoms with Crippen molar-refractivity contribution in [3.63, 3.8) is 0 Å². The number of amides is 4. The van der Waals surface area contributed by atoms with E-state index in [1.54, 1.807) is 7.05 Å². The summed E-state index contributed by atoms with van der Waals surface area (Å²) in [7, 11) is 1.62. The SMILES string of the molecule is CN1CC(=O)N(CCCC(=O)NC2CC3CCC2(C)C3(C)C)C1=O. The van der Waals surface area contributed by atoms with Gasteiger partial charge in [0.05, 0.1) is 0 Å². The zero-order chi connectivity index (χ0) is 17.7. The lowest BCUT2D eigenvalue weighted by Crippen LogP contribution is -2.47. The van der Waals surface area contributed by atoms with Crippen molar-refractivity contribution in [1.82, 2.24) is 15.1 Å². The van der Waals surface area contributed by atoms with Gasteiger partial charge in [-0.25, -0.2) is 4.79 Å². The van der Waals surface area contributed by atoms with Crippen LogP contribution in [0.15, 0.2) is 0 Å². The van der Waals surface area contributed by atoms with Crippen molar-refractivity contribution in [1.29, 1.82) is 0 Å². The third-order valence-electron chi connectivity index (χ3n) is 7.15. The number of fused-ring (bicyclic) bond motifs is 2. The molecule has 2 saturated carbocycles. The largest absolute Gasteiger partial charge is 0.353 e. The summed E-state index contributed by atoms with van der Waals surface area (Å²) in [4.78, 5) is 38.5. The van der Waals surface area contributed by atoms with Crippen LogP contribution in [0.25, 0.3) is 0 Å². The molecule has 1 heterocycles. The normalized spacial score (nSPS) is 34.3. The van der Waals surface area contributed by atoms with Crippen LogP contribution in [-0.2, 0) is 9.59 Å². The second-order valence-corrected chi connectivity index (χ2v) is 8.52. The molecule has 1 saturated heterocycles. The van der Waals surface area contributed by atoms with Gasteiger partial charge in [-0.05, 0) is 42.4 Å². The van der Waals surface area contributed by atoms with Crippen molar-refractivity contribution in [3.8, 4) is 0 Å². The number of carbonyl (C=O) groups excluding carboxylic acids is 3. The first-order chi connectivity index (χ1) is 11.2. The highest BCUT2D eigenvalue weighted by Gasteiger charge is 2.61. The fourth-order valence-corrected chi connectivity index (χ4v) is 4.98. The third kappa shape index (κ3) is 2.50. The van der Waals surface area contributed by atoms with Crippen LogP contribution in [0.5, 0.6) is 0 Å². The number of imide groups is 1. The molecule has 0 aromatic carbocycles. The number of likely N-dealkylation sites (N-methyl/N-ethyl adjacent to an activating group) is 1. The van der Waals surface area contributed by atoms with Crippen molar-refractivity contribution in [2.75, 3.05) is 20.1 Å². The Morgan fingerprint density at radius 2 is 2.00 bits per heavy atom. The van der Waals surface area contributed by atoms with Gasteiger partial charge < -0.3 is 10.2 Å². The Bertz CT molecular complexity index is 574. The van der Waals surface area contributed by atoms with E-state index in [0.717, 1.165) is 6.42 Å². The van der Waals surface area contributed by atoms with Crippen LogP contribution in [-0.4, -0.2) is 53.8 Å². The number of urea groups is 1. The van der Waals surface area contributed by atoms with Crippen LogP contribution >= 0.6 is 0 Å². The van der Waals surface area contributed by atoms with Gasteiger partial charge in [-0.2, -0.15) is 0 Å². The molecule has 3 rings (SSSR count). The van der Waals surface area contributed by atoms with Crippen LogP contribution < -0.4 is 5.32 Å². The van der Waals surface area contributed by atoms with E-state index < -0.39 is 0 Å². The molecule has 6 nitrogen and oxygen atoms in total. The van der Waals surface area contributed by atoms with E-state index >= 15 is 0 Å². The van der Waals surface area contributed by atoms with Crippen LogP contribution in [0.3, 0.4) is 0 Å². The first-order valence-electron chi connectivity index (χ1n) is 9.01. The molecule has 0 aromatic rings. The molecule has 3 unspecified atom stereocenters. The summed E-state index contributed by atoms with van der Waals surface area (Å²) in [6.07, 6.45) is 4.40. The zero-order valence-electron chi connectivity index (χ0n) is 15.2. The standard InChI is InChI=1S/C18H29N3O3/c1-17(2)12-7-8-18(17,3)13(10-12)19-14(22)6-5-9-21-15(23)11-20(4)16(21)24/h12-13H,5-11H2,1-4H3,(H,19,22). The molecule has 0 radical (unpaired) electrons. The van der Waals surface area contributed by atoms with E-state index in [1.807, 2.05) is 0 Å². The first kappa shape index (κ1) is 17.2. The summed E-state index contributed by atoms with van der Waals surface area (Å²) in [6, 6.07) is -0.0114. The molecule has 2 bridgehead atoms. The number of carbonyl (C=O) groups is 3. The molecule has 3 atom stereocenters. The Hall–Kier alpha value is -1.59. The summed E-state index contributed by atoms with van der Waals surface area (Å²) >= 11 is 0. The Morgan fingerprint density at radius 3 is 2.50 bits per heavy atom. The van der Waals surface area contributed by atoms with E-state index in [-0.39, 0.29) is 41.3 Å². The maximum absolute atomic E-state index is 12.3. The predicted molar refractivity (Wildman–Crippen MR) is 90.1 cm³/mol. The van der Waals surface area contributed by atoms with Gasteiger partial charge in [0.1, 0.15) is 6.54 Å². The molecule has 0 spiro atoms. The smallest absolute Gasteiger partial charge is 0.326 e. The minimum Gasteiger partial charge on any atom is -0.353 e. The molecule has 1 aliphatic heterocycles. The molecule has 3 fully saturated rings. The Balaban J connectivity index is 1.48. The van der Waals surface area contributed by atoms with Crippen LogP contribution in [0.2, 0.25) is 0 Å². The molecule has 6 heteroatoms. The van der Waals surface area contributed by atoms with E-state index in [4.69, 9.17) is 0 Å². The fourth-order valence-electron chi connectivity index (χ4n) is 4.98. The van der Waals surface area contributed by atoms with Gasteiger partial charge in [0.2, 0.25) is 11.8 Å². The molecule has 4 amide bonds. The number of nitrogens with zero attached hydrogens (tertiary/aromatic N) is 2. The summed E-state index contributed by atoms with van der Waals surface area (Å²) in [5, 5.41) is 3.23. The Labute approximate surface area is 143 Å². The van der Waals surface area contributed by atoms with Gasteiger partial charge in [0, 0.05) is 26.1 Å². The van der Waals surface area contributed by atoms with Gasteiger partial charge in [-0.3, -0.25) is 14.5 Å². The monoisotopic (exact) mass is 335 g/mol. The number of rotatable bonds is 5. The summed E-state index contributed by atoms with van der Waals surface area (Å²) < 4.78 is 0. The first-order valence-corrected chi connectivity index (χ1v) is 9.01. The van der Waals surface area contributed by atoms with Crippen molar-refractivity contribution < 1.29 is 14.4 Å². The van der Waals surface area contributed by atoms with E-state index in [0.29, 0.717) is 25.3 Å². The molecular weight excluding hydrogens is 306 g/mol. The van der Waals surface area contributed by atoms with Crippen molar-refractivity contribution in [2.45, 2.75) is 58.9 Å². The molecule has 1 N–H and O–H groups in total. The maximum atomic E-state index is 12.3.